The lowest BCUT2D eigenvalue weighted by Gasteiger charge is -2.03. The van der Waals surface area contributed by atoms with Gasteiger partial charge in [0, 0.05) is 10.9 Å². The van der Waals surface area contributed by atoms with Crippen LogP contribution in [0.2, 0.25) is 0 Å². The van der Waals surface area contributed by atoms with Gasteiger partial charge in [0.2, 0.25) is 0 Å². The zero-order valence-corrected chi connectivity index (χ0v) is 10.00. The summed E-state index contributed by atoms with van der Waals surface area (Å²) in [5, 5.41) is 5.67. The van der Waals surface area contributed by atoms with Crippen molar-refractivity contribution in [2.45, 2.75) is 6.92 Å². The first-order valence-electron chi connectivity index (χ1n) is 5.79. The molecule has 0 N–H and O–H groups in total. The van der Waals surface area contributed by atoms with E-state index in [0.717, 1.165) is 28.6 Å². The Hall–Kier alpha value is -2.42. The molecule has 0 unspecified atom stereocenters. The molecule has 0 fully saturated rings. The fourth-order valence-corrected chi connectivity index (χ4v) is 2.15. The fourth-order valence-electron chi connectivity index (χ4n) is 2.15. The first kappa shape index (κ1) is 10.7. The van der Waals surface area contributed by atoms with E-state index in [2.05, 4.69) is 11.2 Å². The van der Waals surface area contributed by atoms with Crippen LogP contribution in [0, 0.1) is 6.92 Å². The van der Waals surface area contributed by atoms with Gasteiger partial charge in [-0.15, -0.1) is 0 Å². The first-order chi connectivity index (χ1) is 8.79. The smallest absolute Gasteiger partial charge is 0.150 e. The topological polar surface area (TPSA) is 34.9 Å². The van der Waals surface area contributed by atoms with Crippen LogP contribution >= 0.6 is 0 Å². The molecule has 3 nitrogen and oxygen atoms in total. The molecular formula is C15H12N2O. The molecule has 3 rings (SSSR count). The quantitative estimate of drug-likeness (QED) is 0.641. The van der Waals surface area contributed by atoms with E-state index < -0.39 is 0 Å². The molecule has 0 aliphatic carbocycles. The van der Waals surface area contributed by atoms with E-state index in [9.17, 15) is 4.79 Å². The molecule has 0 atom stereocenters. The minimum Gasteiger partial charge on any atom is -0.298 e. The van der Waals surface area contributed by atoms with Crippen LogP contribution in [0.15, 0.2) is 48.5 Å². The molecule has 3 aromatic rings. The molecule has 0 amide bonds. The third-order valence-electron chi connectivity index (χ3n) is 3.02. The fraction of sp³-hybridized carbons (Fsp3) is 0.0667. The maximum atomic E-state index is 10.8. The molecule has 0 aliphatic rings. The average molecular weight is 236 g/mol. The monoisotopic (exact) mass is 236 g/mol. The summed E-state index contributed by atoms with van der Waals surface area (Å²) in [7, 11) is 0. The normalized spacial score (nSPS) is 10.7. The maximum absolute atomic E-state index is 10.8. The number of nitrogens with zero attached hydrogens (tertiary/aromatic N) is 2. The summed E-state index contributed by atoms with van der Waals surface area (Å²) in [5.74, 6) is 0. The highest BCUT2D eigenvalue weighted by molar-refractivity contribution is 5.83. The lowest BCUT2D eigenvalue weighted by atomic mass is 10.2. The van der Waals surface area contributed by atoms with Gasteiger partial charge in [-0.05, 0) is 25.1 Å². The van der Waals surface area contributed by atoms with Crippen LogP contribution in [0.25, 0.3) is 16.6 Å². The van der Waals surface area contributed by atoms with Crippen LogP contribution in [0.3, 0.4) is 0 Å². The molecule has 0 saturated carbocycles. The number of aromatic nitrogens is 2. The van der Waals surface area contributed by atoms with Crippen LogP contribution in [0.5, 0.6) is 0 Å². The lowest BCUT2D eigenvalue weighted by molar-refractivity contribution is 0.112. The number of fused-ring (bicyclic) bond motifs is 1. The number of benzene rings is 2. The zero-order chi connectivity index (χ0) is 12.5. The Kier molecular flexibility index (Phi) is 2.45. The number of hydrogen-bond donors (Lipinski definition) is 0. The second-order valence-electron chi connectivity index (χ2n) is 4.23. The molecule has 0 spiro atoms. The van der Waals surface area contributed by atoms with Gasteiger partial charge >= 0.3 is 0 Å². The second kappa shape index (κ2) is 4.11. The number of para-hydroxylation sites is 1. The highest BCUT2D eigenvalue weighted by Crippen LogP contribution is 2.21. The van der Waals surface area contributed by atoms with Gasteiger partial charge in [-0.2, -0.15) is 5.10 Å². The van der Waals surface area contributed by atoms with Crippen LogP contribution in [-0.4, -0.2) is 16.1 Å². The number of carbonyl (C=O) groups is 1. The Morgan fingerprint density at radius 2 is 1.94 bits per heavy atom. The van der Waals surface area contributed by atoms with Crippen molar-refractivity contribution in [3.05, 3.63) is 59.8 Å². The standard InChI is InChI=1S/C15H12N2O/c1-11-14-7-2-3-8-15(14)17(16-11)13-6-4-5-12(9-13)10-18/h2-10H,1H3. The van der Waals surface area contributed by atoms with E-state index in [1.165, 1.54) is 0 Å². The van der Waals surface area contributed by atoms with Crippen molar-refractivity contribution in [2.75, 3.05) is 0 Å². The van der Waals surface area contributed by atoms with Gasteiger partial charge in [-0.3, -0.25) is 4.79 Å². The average Bonchev–Trinajstić information content (AvgIpc) is 2.77. The highest BCUT2D eigenvalue weighted by Gasteiger charge is 2.08. The van der Waals surface area contributed by atoms with E-state index in [1.54, 1.807) is 6.07 Å². The van der Waals surface area contributed by atoms with E-state index in [1.807, 2.05) is 48.0 Å². The van der Waals surface area contributed by atoms with Gasteiger partial charge in [0.1, 0.15) is 6.29 Å². The van der Waals surface area contributed by atoms with Crippen LogP contribution in [0.1, 0.15) is 16.1 Å². The van der Waals surface area contributed by atoms with Gasteiger partial charge in [0.25, 0.3) is 0 Å². The number of aryl methyl sites for hydroxylation is 1. The minimum atomic E-state index is 0.657. The van der Waals surface area contributed by atoms with E-state index in [4.69, 9.17) is 0 Å². The van der Waals surface area contributed by atoms with Crippen LogP contribution in [-0.2, 0) is 0 Å². The number of carbonyl (C=O) groups excluding carboxylic acids is 1. The summed E-state index contributed by atoms with van der Waals surface area (Å²) >= 11 is 0. The summed E-state index contributed by atoms with van der Waals surface area (Å²) in [5.41, 5.74) is 3.61. The van der Waals surface area contributed by atoms with Gasteiger partial charge in [-0.25, -0.2) is 4.68 Å². The molecule has 1 aromatic heterocycles. The van der Waals surface area contributed by atoms with E-state index in [0.29, 0.717) is 5.56 Å². The Morgan fingerprint density at radius 1 is 1.11 bits per heavy atom. The molecule has 18 heavy (non-hydrogen) atoms. The Morgan fingerprint density at radius 3 is 2.78 bits per heavy atom. The predicted molar refractivity (Wildman–Crippen MR) is 71.2 cm³/mol. The summed E-state index contributed by atoms with van der Waals surface area (Å²) in [6, 6.07) is 15.5. The summed E-state index contributed by atoms with van der Waals surface area (Å²) < 4.78 is 1.87. The molecule has 88 valence electrons. The highest BCUT2D eigenvalue weighted by atomic mass is 16.1. The Labute approximate surface area is 105 Å². The largest absolute Gasteiger partial charge is 0.298 e. The third kappa shape index (κ3) is 1.61. The van der Waals surface area contributed by atoms with Crippen LogP contribution in [0.4, 0.5) is 0 Å². The second-order valence-corrected chi connectivity index (χ2v) is 4.23. The van der Waals surface area contributed by atoms with Crippen molar-refractivity contribution < 1.29 is 4.79 Å². The van der Waals surface area contributed by atoms with E-state index in [-0.39, 0.29) is 0 Å². The number of hydrogen-bond acceptors (Lipinski definition) is 2. The lowest BCUT2D eigenvalue weighted by Crippen LogP contribution is -1.97. The first-order valence-corrected chi connectivity index (χ1v) is 5.79. The van der Waals surface area contributed by atoms with Gasteiger partial charge < -0.3 is 0 Å². The number of aldehydes is 1. The van der Waals surface area contributed by atoms with Crippen molar-refractivity contribution >= 4 is 17.2 Å². The van der Waals surface area contributed by atoms with Crippen molar-refractivity contribution in [1.82, 2.24) is 9.78 Å². The molecular weight excluding hydrogens is 224 g/mol. The zero-order valence-electron chi connectivity index (χ0n) is 10.00. The SMILES string of the molecule is Cc1nn(-c2cccc(C=O)c2)c2ccccc12. The summed E-state index contributed by atoms with van der Waals surface area (Å²) in [6.45, 7) is 1.99. The predicted octanol–water partition coefficient (Wildman–Crippen LogP) is 3.15. The number of rotatable bonds is 2. The van der Waals surface area contributed by atoms with Crippen molar-refractivity contribution in [3.8, 4) is 5.69 Å². The van der Waals surface area contributed by atoms with Gasteiger partial charge in [0.05, 0.1) is 16.9 Å². The van der Waals surface area contributed by atoms with E-state index >= 15 is 0 Å². The molecule has 3 heteroatoms. The summed E-state index contributed by atoms with van der Waals surface area (Å²) in [4.78, 5) is 10.8. The molecule has 0 aliphatic heterocycles. The van der Waals surface area contributed by atoms with Crippen molar-refractivity contribution in [1.29, 1.82) is 0 Å². The molecule has 1 heterocycles. The molecule has 0 radical (unpaired) electrons. The van der Waals surface area contributed by atoms with Crippen LogP contribution < -0.4 is 0 Å². The van der Waals surface area contributed by atoms with Crippen molar-refractivity contribution in [3.63, 3.8) is 0 Å². The Balaban J connectivity index is 2.28. The molecule has 0 bridgehead atoms. The molecule has 0 saturated heterocycles. The van der Waals surface area contributed by atoms with Gasteiger partial charge in [0.15, 0.2) is 0 Å². The maximum Gasteiger partial charge on any atom is 0.150 e. The minimum absolute atomic E-state index is 0.657. The molecule has 2 aromatic carbocycles. The van der Waals surface area contributed by atoms with Gasteiger partial charge in [-0.1, -0.05) is 30.3 Å². The third-order valence-corrected chi connectivity index (χ3v) is 3.02. The van der Waals surface area contributed by atoms with Crippen molar-refractivity contribution in [2.24, 2.45) is 0 Å². The summed E-state index contributed by atoms with van der Waals surface area (Å²) in [6.07, 6.45) is 0.849. The Bertz CT molecular complexity index is 728.